The van der Waals surface area contributed by atoms with Crippen molar-refractivity contribution in [2.24, 2.45) is 13.0 Å². The Bertz CT molecular complexity index is 469. The third kappa shape index (κ3) is 3.33. The maximum Gasteiger partial charge on any atom is 0.225 e. The molecule has 1 fully saturated rings. The third-order valence-electron chi connectivity index (χ3n) is 3.60. The van der Waals surface area contributed by atoms with Gasteiger partial charge >= 0.3 is 0 Å². The molecule has 1 atom stereocenters. The number of nitrogens with zero attached hydrogens (tertiary/aromatic N) is 3. The number of rotatable bonds is 3. The van der Waals surface area contributed by atoms with Gasteiger partial charge in [0.25, 0.3) is 0 Å². The van der Waals surface area contributed by atoms with Gasteiger partial charge in [0.05, 0.1) is 18.2 Å². The van der Waals surface area contributed by atoms with Gasteiger partial charge in [-0.2, -0.15) is 5.10 Å². The van der Waals surface area contributed by atoms with E-state index in [1.165, 1.54) is 0 Å². The summed E-state index contributed by atoms with van der Waals surface area (Å²) < 4.78 is 1.74. The maximum absolute atomic E-state index is 12.1. The molecule has 2 heterocycles. The molecule has 0 aromatic carbocycles. The molecule has 1 aromatic rings. The summed E-state index contributed by atoms with van der Waals surface area (Å²) in [5, 5.41) is 6.97. The lowest BCUT2D eigenvalue weighted by Crippen LogP contribution is -2.44. The van der Waals surface area contributed by atoms with Crippen LogP contribution in [0.25, 0.3) is 0 Å². The van der Waals surface area contributed by atoms with E-state index >= 15 is 0 Å². The van der Waals surface area contributed by atoms with Crippen molar-refractivity contribution in [1.29, 1.82) is 0 Å². The lowest BCUT2D eigenvalue weighted by atomic mass is 9.97. The van der Waals surface area contributed by atoms with E-state index in [1.54, 1.807) is 22.7 Å². The first-order valence-corrected chi connectivity index (χ1v) is 6.58. The number of hydrogen-bond acceptors (Lipinski definition) is 3. The molecule has 6 heteroatoms. The number of piperidine rings is 1. The molecule has 19 heavy (non-hydrogen) atoms. The van der Waals surface area contributed by atoms with Crippen LogP contribution in [-0.4, -0.2) is 39.6 Å². The van der Waals surface area contributed by atoms with Gasteiger partial charge in [0.2, 0.25) is 11.8 Å². The van der Waals surface area contributed by atoms with Crippen molar-refractivity contribution in [2.75, 3.05) is 13.1 Å². The van der Waals surface area contributed by atoms with E-state index in [0.717, 1.165) is 25.1 Å². The number of aromatic nitrogens is 2. The Hall–Kier alpha value is -1.85. The van der Waals surface area contributed by atoms with Gasteiger partial charge in [-0.1, -0.05) is 0 Å². The zero-order valence-corrected chi connectivity index (χ0v) is 11.4. The van der Waals surface area contributed by atoms with E-state index in [0.29, 0.717) is 13.1 Å². The van der Waals surface area contributed by atoms with Gasteiger partial charge < -0.3 is 10.2 Å². The lowest BCUT2D eigenvalue weighted by molar-refractivity contribution is -0.134. The summed E-state index contributed by atoms with van der Waals surface area (Å²) in [6, 6.07) is 1.88. The normalized spacial score (nSPS) is 19.3. The smallest absolute Gasteiger partial charge is 0.225 e. The highest BCUT2D eigenvalue weighted by molar-refractivity contribution is 5.80. The first-order valence-electron chi connectivity index (χ1n) is 6.58. The van der Waals surface area contributed by atoms with E-state index in [1.807, 2.05) is 13.1 Å². The molecule has 1 aliphatic rings. The molecule has 1 aromatic heterocycles. The molecule has 1 aliphatic heterocycles. The molecule has 1 saturated heterocycles. The van der Waals surface area contributed by atoms with Gasteiger partial charge in [-0.3, -0.25) is 14.3 Å². The number of carbonyl (C=O) groups excluding carboxylic acids is 2. The van der Waals surface area contributed by atoms with E-state index in [4.69, 9.17) is 0 Å². The SMILES string of the molecule is CC(=O)N1CCCC(C(=O)NCc2ccnn2C)C1. The average molecular weight is 264 g/mol. The summed E-state index contributed by atoms with van der Waals surface area (Å²) in [4.78, 5) is 25.2. The van der Waals surface area contributed by atoms with Crippen molar-refractivity contribution >= 4 is 11.8 Å². The second-order valence-corrected chi connectivity index (χ2v) is 4.97. The predicted molar refractivity (Wildman–Crippen MR) is 70.0 cm³/mol. The van der Waals surface area contributed by atoms with E-state index in [-0.39, 0.29) is 17.7 Å². The van der Waals surface area contributed by atoms with Crippen LogP contribution in [0, 0.1) is 5.92 Å². The average Bonchev–Trinajstić information content (AvgIpc) is 2.81. The van der Waals surface area contributed by atoms with Crippen LogP contribution < -0.4 is 5.32 Å². The zero-order chi connectivity index (χ0) is 13.8. The topological polar surface area (TPSA) is 67.2 Å². The van der Waals surface area contributed by atoms with Crippen LogP contribution in [0.3, 0.4) is 0 Å². The number of carbonyl (C=O) groups is 2. The second-order valence-electron chi connectivity index (χ2n) is 4.97. The fraction of sp³-hybridized carbons (Fsp3) is 0.615. The molecule has 2 amide bonds. The summed E-state index contributed by atoms with van der Waals surface area (Å²) in [5.41, 5.74) is 0.965. The molecule has 0 bridgehead atoms. The maximum atomic E-state index is 12.1. The molecule has 104 valence electrons. The molecule has 2 rings (SSSR count). The van der Waals surface area contributed by atoms with Gasteiger partial charge in [0.1, 0.15) is 0 Å². The number of likely N-dealkylation sites (tertiary alicyclic amines) is 1. The fourth-order valence-corrected chi connectivity index (χ4v) is 2.37. The summed E-state index contributed by atoms with van der Waals surface area (Å²) in [6.45, 7) is 3.33. The Morgan fingerprint density at radius 1 is 1.53 bits per heavy atom. The summed E-state index contributed by atoms with van der Waals surface area (Å²) >= 11 is 0. The van der Waals surface area contributed by atoms with Crippen molar-refractivity contribution in [1.82, 2.24) is 20.0 Å². The van der Waals surface area contributed by atoms with Crippen molar-refractivity contribution in [3.05, 3.63) is 18.0 Å². The van der Waals surface area contributed by atoms with Crippen LogP contribution in [0.5, 0.6) is 0 Å². The van der Waals surface area contributed by atoms with Crippen LogP contribution in [0.4, 0.5) is 0 Å². The highest BCUT2D eigenvalue weighted by Gasteiger charge is 2.26. The summed E-state index contributed by atoms with van der Waals surface area (Å²) in [7, 11) is 1.85. The van der Waals surface area contributed by atoms with Crippen LogP contribution in [0.2, 0.25) is 0 Å². The van der Waals surface area contributed by atoms with Gasteiger partial charge in [0.15, 0.2) is 0 Å². The molecule has 1 unspecified atom stereocenters. The number of nitrogens with one attached hydrogen (secondary N) is 1. The molecule has 1 N–H and O–H groups in total. The zero-order valence-electron chi connectivity index (χ0n) is 11.4. The minimum atomic E-state index is -0.0918. The Balaban J connectivity index is 1.86. The van der Waals surface area contributed by atoms with E-state index < -0.39 is 0 Å². The van der Waals surface area contributed by atoms with Gasteiger partial charge in [-0.05, 0) is 18.9 Å². The predicted octanol–water partition coefficient (Wildman–Crippen LogP) is 0.295. The lowest BCUT2D eigenvalue weighted by Gasteiger charge is -2.31. The highest BCUT2D eigenvalue weighted by atomic mass is 16.2. The Morgan fingerprint density at radius 2 is 2.32 bits per heavy atom. The minimum absolute atomic E-state index is 0.0205. The molecule has 0 radical (unpaired) electrons. The van der Waals surface area contributed by atoms with Gasteiger partial charge in [-0.25, -0.2) is 0 Å². The largest absolute Gasteiger partial charge is 0.350 e. The molecular weight excluding hydrogens is 244 g/mol. The van der Waals surface area contributed by atoms with Crippen LogP contribution in [-0.2, 0) is 23.2 Å². The number of amides is 2. The second kappa shape index (κ2) is 5.86. The third-order valence-corrected chi connectivity index (χ3v) is 3.60. The Kier molecular flexibility index (Phi) is 4.19. The van der Waals surface area contributed by atoms with Crippen LogP contribution in [0.15, 0.2) is 12.3 Å². The van der Waals surface area contributed by atoms with Crippen molar-refractivity contribution < 1.29 is 9.59 Å². The molecule has 0 aliphatic carbocycles. The van der Waals surface area contributed by atoms with Crippen LogP contribution in [0.1, 0.15) is 25.5 Å². The molecule has 6 nitrogen and oxygen atoms in total. The quantitative estimate of drug-likeness (QED) is 0.853. The van der Waals surface area contributed by atoms with E-state index in [2.05, 4.69) is 10.4 Å². The Labute approximate surface area is 112 Å². The highest BCUT2D eigenvalue weighted by Crippen LogP contribution is 2.16. The molecule has 0 saturated carbocycles. The van der Waals surface area contributed by atoms with Gasteiger partial charge in [-0.15, -0.1) is 0 Å². The minimum Gasteiger partial charge on any atom is -0.350 e. The first kappa shape index (κ1) is 13.6. The number of aryl methyl sites for hydroxylation is 1. The van der Waals surface area contributed by atoms with Crippen LogP contribution >= 0.6 is 0 Å². The number of hydrogen-bond donors (Lipinski definition) is 1. The summed E-state index contributed by atoms with van der Waals surface area (Å²) in [5.74, 6) is -0.0258. The molecule has 0 spiro atoms. The summed E-state index contributed by atoms with van der Waals surface area (Å²) in [6.07, 6.45) is 3.45. The fourth-order valence-electron chi connectivity index (χ4n) is 2.37. The molecular formula is C13H20N4O2. The van der Waals surface area contributed by atoms with E-state index in [9.17, 15) is 9.59 Å². The van der Waals surface area contributed by atoms with Gasteiger partial charge in [0, 0.05) is 33.3 Å². The monoisotopic (exact) mass is 264 g/mol. The standard InChI is InChI=1S/C13H20N4O2/c1-10(18)17-7-3-4-11(9-17)13(19)14-8-12-5-6-15-16(12)2/h5-6,11H,3-4,7-9H2,1-2H3,(H,14,19). The first-order chi connectivity index (χ1) is 9.08. The van der Waals surface area contributed by atoms with Crippen molar-refractivity contribution in [3.8, 4) is 0 Å². The van der Waals surface area contributed by atoms with Crippen molar-refractivity contribution in [3.63, 3.8) is 0 Å². The Morgan fingerprint density at radius 3 is 2.95 bits per heavy atom. The van der Waals surface area contributed by atoms with Crippen molar-refractivity contribution in [2.45, 2.75) is 26.3 Å².